The van der Waals surface area contributed by atoms with Gasteiger partial charge < -0.3 is 5.32 Å². The lowest BCUT2D eigenvalue weighted by molar-refractivity contribution is -0.114. The topological polar surface area (TPSA) is 66.5 Å². The highest BCUT2D eigenvalue weighted by Crippen LogP contribution is 2.27. The van der Waals surface area contributed by atoms with E-state index in [4.69, 9.17) is 0 Å². The Hall–Kier alpha value is -2.70. The van der Waals surface area contributed by atoms with E-state index in [2.05, 4.69) is 5.32 Å². The van der Waals surface area contributed by atoms with Crippen LogP contribution >= 0.6 is 0 Å². The fourth-order valence-corrected chi connectivity index (χ4v) is 4.02. The van der Waals surface area contributed by atoms with Gasteiger partial charge in [0.15, 0.2) is 0 Å². The van der Waals surface area contributed by atoms with Gasteiger partial charge in [-0.05, 0) is 29.1 Å². The maximum Gasteiger partial charge on any atom is 0.243 e. The number of benzene rings is 3. The van der Waals surface area contributed by atoms with E-state index in [0.717, 1.165) is 16.3 Å². The third-order valence-electron chi connectivity index (χ3n) is 4.12. The lowest BCUT2D eigenvalue weighted by Gasteiger charge is -2.18. The maximum absolute atomic E-state index is 12.9. The van der Waals surface area contributed by atoms with Gasteiger partial charge in [0.05, 0.1) is 4.90 Å². The van der Waals surface area contributed by atoms with Crippen molar-refractivity contribution in [1.82, 2.24) is 4.31 Å². The molecule has 0 radical (unpaired) electrons. The molecule has 0 saturated carbocycles. The molecule has 0 unspecified atom stereocenters. The van der Waals surface area contributed by atoms with Gasteiger partial charge in [-0.1, -0.05) is 48.5 Å². The van der Waals surface area contributed by atoms with Gasteiger partial charge in [-0.3, -0.25) is 4.79 Å². The summed E-state index contributed by atoms with van der Waals surface area (Å²) in [5, 5.41) is 4.32. The van der Waals surface area contributed by atoms with Crippen LogP contribution in [0, 0.1) is 0 Å². The first-order valence-electron chi connectivity index (χ1n) is 8.18. The number of carbonyl (C=O) groups excluding carboxylic acids is 1. The SMILES string of the molecule is CC(=O)Nc1cccc2cc(S(=O)(=O)N(C)Cc3ccccc3)ccc12. The predicted molar refractivity (Wildman–Crippen MR) is 103 cm³/mol. The summed E-state index contributed by atoms with van der Waals surface area (Å²) in [4.78, 5) is 11.6. The highest BCUT2D eigenvalue weighted by atomic mass is 32.2. The van der Waals surface area contributed by atoms with Crippen LogP contribution in [0.3, 0.4) is 0 Å². The normalized spacial score (nSPS) is 11.7. The molecule has 3 aromatic carbocycles. The van der Waals surface area contributed by atoms with Crippen molar-refractivity contribution < 1.29 is 13.2 Å². The number of hydrogen-bond acceptors (Lipinski definition) is 3. The molecule has 0 heterocycles. The Morgan fingerprint density at radius 2 is 1.73 bits per heavy atom. The second kappa shape index (κ2) is 7.27. The van der Waals surface area contributed by atoms with Crippen LogP contribution in [0.4, 0.5) is 5.69 Å². The van der Waals surface area contributed by atoms with E-state index in [0.29, 0.717) is 12.2 Å². The van der Waals surface area contributed by atoms with Crippen molar-refractivity contribution in [3.63, 3.8) is 0 Å². The van der Waals surface area contributed by atoms with Gasteiger partial charge in [0.2, 0.25) is 15.9 Å². The summed E-state index contributed by atoms with van der Waals surface area (Å²) in [6, 6.07) is 19.8. The Labute approximate surface area is 153 Å². The van der Waals surface area contributed by atoms with E-state index in [1.165, 1.54) is 11.2 Å². The number of sulfonamides is 1. The first-order chi connectivity index (χ1) is 12.4. The highest BCUT2D eigenvalue weighted by Gasteiger charge is 2.21. The van der Waals surface area contributed by atoms with Crippen molar-refractivity contribution in [2.75, 3.05) is 12.4 Å². The molecule has 0 saturated heterocycles. The first kappa shape index (κ1) is 18.1. The van der Waals surface area contributed by atoms with Crippen molar-refractivity contribution in [3.05, 3.63) is 72.3 Å². The molecule has 0 aliphatic rings. The highest BCUT2D eigenvalue weighted by molar-refractivity contribution is 7.89. The fourth-order valence-electron chi connectivity index (χ4n) is 2.83. The van der Waals surface area contributed by atoms with Gasteiger partial charge in [-0.15, -0.1) is 0 Å². The number of amides is 1. The monoisotopic (exact) mass is 368 g/mol. The van der Waals surface area contributed by atoms with E-state index in [1.54, 1.807) is 37.4 Å². The number of hydrogen-bond donors (Lipinski definition) is 1. The van der Waals surface area contributed by atoms with Gasteiger partial charge in [0.1, 0.15) is 0 Å². The molecule has 5 nitrogen and oxygen atoms in total. The summed E-state index contributed by atoms with van der Waals surface area (Å²) < 4.78 is 27.1. The van der Waals surface area contributed by atoms with Crippen molar-refractivity contribution >= 4 is 32.4 Å². The molecule has 26 heavy (non-hydrogen) atoms. The van der Waals surface area contributed by atoms with E-state index in [1.807, 2.05) is 36.4 Å². The number of carbonyl (C=O) groups is 1. The molecule has 1 amide bonds. The maximum atomic E-state index is 12.9. The zero-order chi connectivity index (χ0) is 18.7. The second-order valence-electron chi connectivity index (χ2n) is 6.12. The van der Waals surface area contributed by atoms with Gasteiger partial charge in [0.25, 0.3) is 0 Å². The van der Waals surface area contributed by atoms with Crippen molar-refractivity contribution in [3.8, 4) is 0 Å². The van der Waals surface area contributed by atoms with Crippen molar-refractivity contribution in [2.24, 2.45) is 0 Å². The van der Waals surface area contributed by atoms with Crippen LogP contribution in [0.1, 0.15) is 12.5 Å². The Morgan fingerprint density at radius 1 is 1.00 bits per heavy atom. The zero-order valence-corrected chi connectivity index (χ0v) is 15.5. The van der Waals surface area contributed by atoms with Crippen LogP contribution in [0.2, 0.25) is 0 Å². The van der Waals surface area contributed by atoms with E-state index in [9.17, 15) is 13.2 Å². The molecule has 0 aliphatic heterocycles. The average molecular weight is 368 g/mol. The zero-order valence-electron chi connectivity index (χ0n) is 14.6. The molecule has 3 aromatic rings. The number of fused-ring (bicyclic) bond motifs is 1. The number of anilines is 1. The van der Waals surface area contributed by atoms with Gasteiger partial charge >= 0.3 is 0 Å². The molecule has 6 heteroatoms. The molecule has 134 valence electrons. The van der Waals surface area contributed by atoms with Crippen LogP contribution in [0.15, 0.2) is 71.6 Å². The van der Waals surface area contributed by atoms with E-state index in [-0.39, 0.29) is 10.8 Å². The lowest BCUT2D eigenvalue weighted by Crippen LogP contribution is -2.26. The third kappa shape index (κ3) is 3.76. The molecule has 0 aromatic heterocycles. The molecular formula is C20H20N2O3S. The van der Waals surface area contributed by atoms with Crippen molar-refractivity contribution in [1.29, 1.82) is 0 Å². The predicted octanol–water partition coefficient (Wildman–Crippen LogP) is 3.62. The van der Waals surface area contributed by atoms with Crippen molar-refractivity contribution in [2.45, 2.75) is 18.4 Å². The van der Waals surface area contributed by atoms with E-state index < -0.39 is 10.0 Å². The summed E-state index contributed by atoms with van der Waals surface area (Å²) in [5.74, 6) is -0.170. The summed E-state index contributed by atoms with van der Waals surface area (Å²) in [6.07, 6.45) is 0. The summed E-state index contributed by atoms with van der Waals surface area (Å²) in [6.45, 7) is 1.74. The minimum absolute atomic E-state index is 0.170. The standard InChI is InChI=1S/C20H20N2O3S/c1-15(23)21-20-10-6-9-17-13-18(11-12-19(17)20)26(24,25)22(2)14-16-7-4-3-5-8-16/h3-13H,14H2,1-2H3,(H,21,23). The molecule has 0 bridgehead atoms. The Morgan fingerprint density at radius 3 is 2.42 bits per heavy atom. The van der Waals surface area contributed by atoms with Gasteiger partial charge in [0, 0.05) is 31.6 Å². The Bertz CT molecular complexity index is 1050. The summed E-state index contributed by atoms with van der Waals surface area (Å²) in [5.41, 5.74) is 1.59. The number of nitrogens with zero attached hydrogens (tertiary/aromatic N) is 1. The fraction of sp³-hybridized carbons (Fsp3) is 0.150. The first-order valence-corrected chi connectivity index (χ1v) is 9.62. The molecule has 0 aliphatic carbocycles. The smallest absolute Gasteiger partial charge is 0.243 e. The molecule has 0 atom stereocenters. The van der Waals surface area contributed by atoms with Crippen LogP contribution in [-0.4, -0.2) is 25.7 Å². The summed E-state index contributed by atoms with van der Waals surface area (Å²) >= 11 is 0. The molecule has 0 fully saturated rings. The number of rotatable bonds is 5. The average Bonchev–Trinajstić information content (AvgIpc) is 2.62. The van der Waals surface area contributed by atoms with Crippen LogP contribution in [0.25, 0.3) is 10.8 Å². The minimum atomic E-state index is -3.62. The third-order valence-corrected chi connectivity index (χ3v) is 5.92. The Kier molecular flexibility index (Phi) is 5.06. The second-order valence-corrected chi connectivity index (χ2v) is 8.16. The van der Waals surface area contributed by atoms with Crippen LogP contribution in [0.5, 0.6) is 0 Å². The van der Waals surface area contributed by atoms with Crippen LogP contribution in [-0.2, 0) is 21.4 Å². The van der Waals surface area contributed by atoms with Crippen LogP contribution < -0.4 is 5.32 Å². The number of nitrogens with one attached hydrogen (secondary N) is 1. The van der Waals surface area contributed by atoms with Gasteiger partial charge in [-0.2, -0.15) is 4.31 Å². The largest absolute Gasteiger partial charge is 0.326 e. The summed E-state index contributed by atoms with van der Waals surface area (Å²) in [7, 11) is -2.05. The molecule has 3 rings (SSSR count). The molecule has 1 N–H and O–H groups in total. The van der Waals surface area contributed by atoms with Gasteiger partial charge in [-0.25, -0.2) is 8.42 Å². The molecule has 0 spiro atoms. The lowest BCUT2D eigenvalue weighted by atomic mass is 10.1. The minimum Gasteiger partial charge on any atom is -0.326 e. The molecular weight excluding hydrogens is 348 g/mol. The van der Waals surface area contributed by atoms with E-state index >= 15 is 0 Å². The quantitative estimate of drug-likeness (QED) is 0.748. The Balaban J connectivity index is 1.95.